The molecule has 0 saturated heterocycles. The van der Waals surface area contributed by atoms with E-state index in [9.17, 15) is 4.39 Å². The molecule has 1 heterocycles. The summed E-state index contributed by atoms with van der Waals surface area (Å²) in [6.45, 7) is 2.95. The third-order valence-electron chi connectivity index (χ3n) is 3.79. The van der Waals surface area contributed by atoms with E-state index in [-0.39, 0.29) is 5.82 Å². The topological polar surface area (TPSA) is 29.8 Å². The van der Waals surface area contributed by atoms with Crippen LogP contribution in [0.2, 0.25) is 0 Å². The van der Waals surface area contributed by atoms with Gasteiger partial charge in [0, 0.05) is 11.1 Å². The Bertz CT molecular complexity index is 719. The molecule has 2 aromatic carbocycles. The van der Waals surface area contributed by atoms with E-state index in [0.29, 0.717) is 6.04 Å². The van der Waals surface area contributed by atoms with Crippen LogP contribution in [0.3, 0.4) is 0 Å². The molecule has 0 bridgehead atoms. The molecule has 1 atom stereocenters. The highest BCUT2D eigenvalue weighted by molar-refractivity contribution is 5.57. The van der Waals surface area contributed by atoms with Gasteiger partial charge in [-0.25, -0.2) is 4.39 Å². The van der Waals surface area contributed by atoms with Gasteiger partial charge in [-0.15, -0.1) is 0 Å². The summed E-state index contributed by atoms with van der Waals surface area (Å²) in [6.07, 6.45) is 0. The molecular formula is C19H19FNO+. The van der Waals surface area contributed by atoms with Crippen LogP contribution in [-0.2, 0) is 6.54 Å². The fourth-order valence-electron chi connectivity index (χ4n) is 2.44. The third kappa shape index (κ3) is 3.43. The molecule has 1 aromatic heterocycles. The lowest BCUT2D eigenvalue weighted by Gasteiger charge is -2.09. The number of benzene rings is 2. The van der Waals surface area contributed by atoms with Crippen molar-refractivity contribution < 1.29 is 14.1 Å². The zero-order valence-electron chi connectivity index (χ0n) is 12.5. The molecule has 0 saturated carbocycles. The zero-order chi connectivity index (χ0) is 15.4. The normalized spacial score (nSPS) is 12.3. The van der Waals surface area contributed by atoms with Crippen LogP contribution >= 0.6 is 0 Å². The van der Waals surface area contributed by atoms with E-state index in [1.807, 2.05) is 18.2 Å². The molecule has 0 unspecified atom stereocenters. The molecule has 22 heavy (non-hydrogen) atoms. The Morgan fingerprint density at radius 3 is 2.41 bits per heavy atom. The van der Waals surface area contributed by atoms with Gasteiger partial charge in [0.1, 0.15) is 24.2 Å². The lowest BCUT2D eigenvalue weighted by Crippen LogP contribution is -2.82. The average molecular weight is 296 g/mol. The first-order valence-corrected chi connectivity index (χ1v) is 7.45. The van der Waals surface area contributed by atoms with Gasteiger partial charge in [-0.2, -0.15) is 0 Å². The largest absolute Gasteiger partial charge is 0.455 e. The molecule has 0 spiro atoms. The van der Waals surface area contributed by atoms with Crippen molar-refractivity contribution >= 4 is 0 Å². The minimum atomic E-state index is -0.236. The first kappa shape index (κ1) is 14.5. The molecular weight excluding hydrogens is 277 g/mol. The minimum absolute atomic E-state index is 0.236. The Hall–Kier alpha value is -2.39. The average Bonchev–Trinajstić information content (AvgIpc) is 3.03. The summed E-state index contributed by atoms with van der Waals surface area (Å²) in [7, 11) is 0. The molecule has 0 aliphatic carbocycles. The SMILES string of the molecule is C[C@H]([NH2+]Cc1ccc(-c2ccc(F)cc2)o1)c1ccccc1. The standard InChI is InChI=1S/C19H18FNO/c1-14(15-5-3-2-4-6-15)21-13-18-11-12-19(22-18)16-7-9-17(20)10-8-16/h2-12,14,21H,13H2,1H3/p+1/t14-/m0/s1. The molecule has 0 aliphatic rings. The first-order chi connectivity index (χ1) is 10.7. The number of quaternary nitrogens is 1. The maximum atomic E-state index is 12.9. The summed E-state index contributed by atoms with van der Waals surface area (Å²) in [4.78, 5) is 0. The van der Waals surface area contributed by atoms with Gasteiger partial charge in [0.05, 0.1) is 0 Å². The van der Waals surface area contributed by atoms with E-state index >= 15 is 0 Å². The van der Waals surface area contributed by atoms with Crippen molar-refractivity contribution in [3.63, 3.8) is 0 Å². The van der Waals surface area contributed by atoms with Crippen molar-refractivity contribution in [2.24, 2.45) is 0 Å². The molecule has 2 N–H and O–H groups in total. The fourth-order valence-corrected chi connectivity index (χ4v) is 2.44. The molecule has 2 nitrogen and oxygen atoms in total. The second-order valence-corrected chi connectivity index (χ2v) is 5.41. The highest BCUT2D eigenvalue weighted by Crippen LogP contribution is 2.22. The van der Waals surface area contributed by atoms with Crippen LogP contribution in [0.25, 0.3) is 11.3 Å². The van der Waals surface area contributed by atoms with Crippen molar-refractivity contribution in [2.75, 3.05) is 0 Å². The van der Waals surface area contributed by atoms with Crippen LogP contribution in [0.15, 0.2) is 71.1 Å². The van der Waals surface area contributed by atoms with E-state index in [0.717, 1.165) is 23.6 Å². The number of nitrogens with two attached hydrogens (primary N) is 1. The fraction of sp³-hybridized carbons (Fsp3) is 0.158. The summed E-state index contributed by atoms with van der Waals surface area (Å²) < 4.78 is 18.8. The van der Waals surface area contributed by atoms with Gasteiger partial charge in [0.15, 0.2) is 5.76 Å². The predicted octanol–water partition coefficient (Wildman–Crippen LogP) is 3.91. The summed E-state index contributed by atoms with van der Waals surface area (Å²) in [5.41, 5.74) is 2.19. The van der Waals surface area contributed by atoms with E-state index < -0.39 is 0 Å². The quantitative estimate of drug-likeness (QED) is 0.760. The van der Waals surface area contributed by atoms with Crippen LogP contribution < -0.4 is 5.32 Å². The summed E-state index contributed by atoms with van der Waals surface area (Å²) in [6, 6.07) is 21.0. The van der Waals surface area contributed by atoms with Gasteiger partial charge >= 0.3 is 0 Å². The zero-order valence-corrected chi connectivity index (χ0v) is 12.5. The van der Waals surface area contributed by atoms with Crippen LogP contribution in [-0.4, -0.2) is 0 Å². The van der Waals surface area contributed by atoms with Crippen LogP contribution in [0, 0.1) is 5.82 Å². The van der Waals surface area contributed by atoms with Gasteiger partial charge in [-0.1, -0.05) is 30.3 Å². The van der Waals surface area contributed by atoms with E-state index in [4.69, 9.17) is 4.42 Å². The van der Waals surface area contributed by atoms with Crippen LogP contribution in [0.1, 0.15) is 24.3 Å². The second-order valence-electron chi connectivity index (χ2n) is 5.41. The molecule has 3 heteroatoms. The van der Waals surface area contributed by atoms with Crippen LogP contribution in [0.5, 0.6) is 0 Å². The highest BCUT2D eigenvalue weighted by atomic mass is 19.1. The van der Waals surface area contributed by atoms with E-state index in [1.165, 1.54) is 17.7 Å². The van der Waals surface area contributed by atoms with Gasteiger partial charge in [-0.05, 0) is 43.3 Å². The Morgan fingerprint density at radius 1 is 0.955 bits per heavy atom. The Balaban J connectivity index is 1.63. The Kier molecular flexibility index (Phi) is 4.35. The second kappa shape index (κ2) is 6.58. The molecule has 3 aromatic rings. The highest BCUT2D eigenvalue weighted by Gasteiger charge is 2.10. The molecule has 0 fully saturated rings. The van der Waals surface area contributed by atoms with Gasteiger partial charge in [0.2, 0.25) is 0 Å². The van der Waals surface area contributed by atoms with Crippen molar-refractivity contribution in [3.05, 3.63) is 83.9 Å². The summed E-state index contributed by atoms with van der Waals surface area (Å²) >= 11 is 0. The van der Waals surface area contributed by atoms with Crippen LogP contribution in [0.4, 0.5) is 4.39 Å². The molecule has 0 aliphatic heterocycles. The van der Waals surface area contributed by atoms with Crippen molar-refractivity contribution in [3.8, 4) is 11.3 Å². The van der Waals surface area contributed by atoms with Gasteiger partial charge in [-0.3, -0.25) is 0 Å². The maximum Gasteiger partial charge on any atom is 0.158 e. The maximum absolute atomic E-state index is 12.9. The van der Waals surface area contributed by atoms with Gasteiger partial charge in [0.25, 0.3) is 0 Å². The monoisotopic (exact) mass is 296 g/mol. The first-order valence-electron chi connectivity index (χ1n) is 7.45. The van der Waals surface area contributed by atoms with Crippen molar-refractivity contribution in [1.29, 1.82) is 0 Å². The van der Waals surface area contributed by atoms with E-state index in [2.05, 4.69) is 36.5 Å². The van der Waals surface area contributed by atoms with Crippen molar-refractivity contribution in [2.45, 2.75) is 19.5 Å². The number of halogens is 1. The summed E-state index contributed by atoms with van der Waals surface area (Å²) in [5, 5.41) is 2.24. The molecule has 3 rings (SSSR count). The number of hydrogen-bond acceptors (Lipinski definition) is 1. The van der Waals surface area contributed by atoms with Crippen molar-refractivity contribution in [1.82, 2.24) is 0 Å². The predicted molar refractivity (Wildman–Crippen MR) is 84.6 cm³/mol. The summed E-state index contributed by atoms with van der Waals surface area (Å²) in [5.74, 6) is 1.46. The van der Waals surface area contributed by atoms with E-state index in [1.54, 1.807) is 12.1 Å². The minimum Gasteiger partial charge on any atom is -0.455 e. The number of rotatable bonds is 5. The smallest absolute Gasteiger partial charge is 0.158 e. The number of furan rings is 1. The molecule has 0 radical (unpaired) electrons. The lowest BCUT2D eigenvalue weighted by molar-refractivity contribution is -0.709. The van der Waals surface area contributed by atoms with Gasteiger partial charge < -0.3 is 9.73 Å². The Labute approximate surface area is 129 Å². The third-order valence-corrected chi connectivity index (χ3v) is 3.79. The Morgan fingerprint density at radius 2 is 1.68 bits per heavy atom. The molecule has 0 amide bonds. The number of hydrogen-bond donors (Lipinski definition) is 1. The molecule has 112 valence electrons. The lowest BCUT2D eigenvalue weighted by atomic mass is 10.1.